The Morgan fingerprint density at radius 2 is 1.56 bits per heavy atom. The highest BCUT2D eigenvalue weighted by atomic mass is 79.9. The lowest BCUT2D eigenvalue weighted by Gasteiger charge is -2.37. The van der Waals surface area contributed by atoms with Crippen molar-refractivity contribution in [2.75, 3.05) is 31.1 Å². The first-order valence-electron chi connectivity index (χ1n) is 9.01. The summed E-state index contributed by atoms with van der Waals surface area (Å²) in [6.45, 7) is 6.18. The highest BCUT2D eigenvalue weighted by molar-refractivity contribution is 9.10. The van der Waals surface area contributed by atoms with E-state index in [-0.39, 0.29) is 11.7 Å². The first kappa shape index (κ1) is 19.4. The summed E-state index contributed by atoms with van der Waals surface area (Å²) in [5.41, 5.74) is 1.79. The predicted molar refractivity (Wildman–Crippen MR) is 109 cm³/mol. The van der Waals surface area contributed by atoms with E-state index in [1.165, 1.54) is 0 Å². The highest BCUT2D eigenvalue weighted by Crippen LogP contribution is 2.20. The normalized spacial score (nSPS) is 15.4. The van der Waals surface area contributed by atoms with Gasteiger partial charge in [0, 0.05) is 41.9 Å². The highest BCUT2D eigenvalue weighted by Gasteiger charge is 2.26. The minimum Gasteiger partial charge on any atom is -0.481 e. The van der Waals surface area contributed by atoms with Crippen molar-refractivity contribution in [2.45, 2.75) is 20.0 Å². The van der Waals surface area contributed by atoms with Crippen LogP contribution in [0.5, 0.6) is 5.75 Å². The fourth-order valence-electron chi connectivity index (χ4n) is 3.12. The monoisotopic (exact) mass is 430 g/mol. The van der Waals surface area contributed by atoms with E-state index in [1.807, 2.05) is 53.4 Å². The average Bonchev–Trinajstić information content (AvgIpc) is 2.69. The van der Waals surface area contributed by atoms with Gasteiger partial charge >= 0.3 is 0 Å². The van der Waals surface area contributed by atoms with Crippen LogP contribution in [-0.2, 0) is 4.79 Å². The molecular weight excluding hydrogens is 408 g/mol. The minimum atomic E-state index is -0.521. The molecule has 0 radical (unpaired) electrons. The van der Waals surface area contributed by atoms with E-state index in [2.05, 4.69) is 20.8 Å². The summed E-state index contributed by atoms with van der Waals surface area (Å²) in [4.78, 5) is 28.1. The van der Waals surface area contributed by atoms with Crippen LogP contribution in [0.3, 0.4) is 0 Å². The molecule has 5 nitrogen and oxygen atoms in total. The Kier molecular flexibility index (Phi) is 6.16. The van der Waals surface area contributed by atoms with Gasteiger partial charge in [0.05, 0.1) is 0 Å². The van der Waals surface area contributed by atoms with Crippen molar-refractivity contribution in [3.8, 4) is 5.75 Å². The first-order chi connectivity index (χ1) is 12.9. The van der Waals surface area contributed by atoms with Gasteiger partial charge in [0.2, 0.25) is 0 Å². The molecule has 0 N–H and O–H groups in total. The van der Waals surface area contributed by atoms with Crippen molar-refractivity contribution in [3.63, 3.8) is 0 Å². The maximum Gasteiger partial charge on any atom is 0.263 e. The van der Waals surface area contributed by atoms with Gasteiger partial charge in [-0.05, 0) is 62.4 Å². The van der Waals surface area contributed by atoms with Gasteiger partial charge < -0.3 is 14.5 Å². The third kappa shape index (κ3) is 4.89. The molecule has 1 fully saturated rings. The van der Waals surface area contributed by atoms with E-state index in [0.717, 1.165) is 23.2 Å². The van der Waals surface area contributed by atoms with Crippen LogP contribution in [0.25, 0.3) is 0 Å². The molecule has 6 heteroatoms. The number of hydrogen-bond acceptors (Lipinski definition) is 4. The number of nitrogens with zero attached hydrogens (tertiary/aromatic N) is 2. The Morgan fingerprint density at radius 1 is 0.963 bits per heavy atom. The molecule has 2 aromatic carbocycles. The van der Waals surface area contributed by atoms with Crippen molar-refractivity contribution < 1.29 is 14.3 Å². The zero-order chi connectivity index (χ0) is 19.4. The summed E-state index contributed by atoms with van der Waals surface area (Å²) >= 11 is 3.39. The zero-order valence-electron chi connectivity index (χ0n) is 15.5. The van der Waals surface area contributed by atoms with Gasteiger partial charge in [0.1, 0.15) is 5.75 Å². The summed E-state index contributed by atoms with van der Waals surface area (Å²) in [5, 5.41) is 0. The van der Waals surface area contributed by atoms with Crippen LogP contribution in [0.2, 0.25) is 0 Å². The molecule has 1 amide bonds. The Hall–Kier alpha value is -2.34. The second kappa shape index (κ2) is 8.57. The van der Waals surface area contributed by atoms with E-state index >= 15 is 0 Å². The van der Waals surface area contributed by atoms with Crippen LogP contribution in [0, 0.1) is 0 Å². The van der Waals surface area contributed by atoms with Crippen LogP contribution < -0.4 is 9.64 Å². The standard InChI is InChI=1S/C21H23BrN2O3/c1-15(25)17-3-7-19(8-4-17)23-11-13-24(14-12-23)21(26)16(2)27-20-9-5-18(22)6-10-20/h3-10,16H,11-14H2,1-2H3/t16-/m0/s1. The number of halogens is 1. The SMILES string of the molecule is CC(=O)c1ccc(N2CCN(C(=O)[C@H](C)Oc3ccc(Br)cc3)CC2)cc1. The summed E-state index contributed by atoms with van der Waals surface area (Å²) in [5.74, 6) is 0.754. The average molecular weight is 431 g/mol. The van der Waals surface area contributed by atoms with Crippen molar-refractivity contribution in [3.05, 3.63) is 58.6 Å². The molecule has 1 aliphatic heterocycles. The third-order valence-electron chi connectivity index (χ3n) is 4.70. The van der Waals surface area contributed by atoms with E-state index in [4.69, 9.17) is 4.74 Å². The number of hydrogen-bond donors (Lipinski definition) is 0. The number of piperazine rings is 1. The van der Waals surface area contributed by atoms with Gasteiger partial charge in [0.25, 0.3) is 5.91 Å². The molecule has 0 spiro atoms. The molecule has 0 saturated carbocycles. The Bertz CT molecular complexity index is 797. The van der Waals surface area contributed by atoms with Crippen molar-refractivity contribution in [1.29, 1.82) is 0 Å². The second-order valence-corrected chi connectivity index (χ2v) is 7.55. The summed E-state index contributed by atoms with van der Waals surface area (Å²) in [6.07, 6.45) is -0.521. The predicted octanol–water partition coefficient (Wildman–Crippen LogP) is 3.77. The molecule has 3 rings (SSSR count). The van der Waals surface area contributed by atoms with Crippen molar-refractivity contribution in [1.82, 2.24) is 4.90 Å². The topological polar surface area (TPSA) is 49.9 Å². The molecule has 2 aromatic rings. The minimum absolute atomic E-state index is 0.00416. The van der Waals surface area contributed by atoms with Crippen molar-refractivity contribution >= 4 is 33.3 Å². The molecular formula is C21H23BrN2O3. The fraction of sp³-hybridized carbons (Fsp3) is 0.333. The maximum absolute atomic E-state index is 12.7. The number of amides is 1. The lowest BCUT2D eigenvalue weighted by atomic mass is 10.1. The molecule has 0 unspecified atom stereocenters. The zero-order valence-corrected chi connectivity index (χ0v) is 17.1. The number of rotatable bonds is 5. The molecule has 0 bridgehead atoms. The van der Waals surface area contributed by atoms with E-state index < -0.39 is 6.10 Å². The van der Waals surface area contributed by atoms with Crippen LogP contribution in [-0.4, -0.2) is 48.9 Å². The van der Waals surface area contributed by atoms with Crippen LogP contribution in [0.15, 0.2) is 53.0 Å². The van der Waals surface area contributed by atoms with Crippen LogP contribution in [0.1, 0.15) is 24.2 Å². The first-order valence-corrected chi connectivity index (χ1v) is 9.80. The van der Waals surface area contributed by atoms with Crippen molar-refractivity contribution in [2.24, 2.45) is 0 Å². The number of Topliss-reactive ketones (excluding diaryl/α,β-unsaturated/α-hetero) is 1. The fourth-order valence-corrected chi connectivity index (χ4v) is 3.38. The van der Waals surface area contributed by atoms with Gasteiger partial charge in [-0.3, -0.25) is 9.59 Å². The summed E-state index contributed by atoms with van der Waals surface area (Å²) in [7, 11) is 0. The van der Waals surface area contributed by atoms with Crippen LogP contribution in [0.4, 0.5) is 5.69 Å². The quantitative estimate of drug-likeness (QED) is 0.677. The number of carbonyl (C=O) groups excluding carboxylic acids is 2. The molecule has 0 aromatic heterocycles. The number of anilines is 1. The van der Waals surface area contributed by atoms with Gasteiger partial charge in [0.15, 0.2) is 11.9 Å². The third-order valence-corrected chi connectivity index (χ3v) is 5.23. The number of carbonyl (C=O) groups is 2. The second-order valence-electron chi connectivity index (χ2n) is 6.63. The van der Waals surface area contributed by atoms with Gasteiger partial charge in [-0.15, -0.1) is 0 Å². The lowest BCUT2D eigenvalue weighted by Crippen LogP contribution is -2.52. The number of ketones is 1. The number of ether oxygens (including phenoxy) is 1. The molecule has 1 aliphatic rings. The van der Waals surface area contributed by atoms with E-state index in [1.54, 1.807) is 13.8 Å². The molecule has 142 valence electrons. The Morgan fingerprint density at radius 3 is 2.11 bits per heavy atom. The van der Waals surface area contributed by atoms with Crippen LogP contribution >= 0.6 is 15.9 Å². The molecule has 1 saturated heterocycles. The molecule has 0 aliphatic carbocycles. The molecule has 27 heavy (non-hydrogen) atoms. The maximum atomic E-state index is 12.7. The number of benzene rings is 2. The van der Waals surface area contributed by atoms with Gasteiger partial charge in [-0.1, -0.05) is 15.9 Å². The lowest BCUT2D eigenvalue weighted by molar-refractivity contribution is -0.138. The van der Waals surface area contributed by atoms with E-state index in [0.29, 0.717) is 24.4 Å². The van der Waals surface area contributed by atoms with E-state index in [9.17, 15) is 9.59 Å². The Labute approximate surface area is 168 Å². The van der Waals surface area contributed by atoms with Gasteiger partial charge in [-0.25, -0.2) is 0 Å². The molecule has 1 atom stereocenters. The smallest absolute Gasteiger partial charge is 0.263 e. The largest absolute Gasteiger partial charge is 0.481 e. The summed E-state index contributed by atoms with van der Waals surface area (Å²) < 4.78 is 6.75. The molecule has 1 heterocycles. The summed E-state index contributed by atoms with van der Waals surface area (Å²) in [6, 6.07) is 15.1. The van der Waals surface area contributed by atoms with Gasteiger partial charge in [-0.2, -0.15) is 0 Å². The Balaban J connectivity index is 1.54.